The Morgan fingerprint density at radius 2 is 2.00 bits per heavy atom. The zero-order valence-electron chi connectivity index (χ0n) is 9.22. The van der Waals surface area contributed by atoms with Crippen molar-refractivity contribution in [2.45, 2.75) is 31.7 Å². The Balaban J connectivity index is 2.27. The highest BCUT2D eigenvalue weighted by Gasteiger charge is 2.13. The maximum Gasteiger partial charge on any atom is 0.0455 e. The van der Waals surface area contributed by atoms with Gasteiger partial charge in [-0.25, -0.2) is 0 Å². The molecule has 1 aliphatic carbocycles. The van der Waals surface area contributed by atoms with Gasteiger partial charge in [0, 0.05) is 11.9 Å². The van der Waals surface area contributed by atoms with E-state index >= 15 is 0 Å². The van der Waals surface area contributed by atoms with Gasteiger partial charge in [0.25, 0.3) is 0 Å². The van der Waals surface area contributed by atoms with E-state index < -0.39 is 0 Å². The van der Waals surface area contributed by atoms with Crippen LogP contribution in [0.2, 0.25) is 0 Å². The highest BCUT2D eigenvalue weighted by atomic mass is 35.5. The van der Waals surface area contributed by atoms with E-state index in [1.807, 2.05) is 7.05 Å². The van der Waals surface area contributed by atoms with E-state index in [9.17, 15) is 0 Å². The minimum absolute atomic E-state index is 0.291. The van der Waals surface area contributed by atoms with Gasteiger partial charge in [-0.1, -0.05) is 18.2 Å². The smallest absolute Gasteiger partial charge is 0.0455 e. The Hall–Kier alpha value is -0.530. The summed E-state index contributed by atoms with van der Waals surface area (Å²) in [6, 6.07) is 7.12. The molecule has 0 saturated carbocycles. The fourth-order valence-electron chi connectivity index (χ4n) is 2.30. The van der Waals surface area contributed by atoms with Crippen molar-refractivity contribution in [1.82, 2.24) is 5.32 Å². The van der Waals surface area contributed by atoms with Gasteiger partial charge in [-0.2, -0.15) is 0 Å². The minimum Gasteiger partial charge on any atom is -0.312 e. The maximum absolute atomic E-state index is 5.92. The van der Waals surface area contributed by atoms with E-state index in [0.717, 1.165) is 0 Å². The van der Waals surface area contributed by atoms with Crippen LogP contribution in [-0.2, 0) is 12.8 Å². The lowest BCUT2D eigenvalue weighted by Crippen LogP contribution is -2.18. The Bertz CT molecular complexity index is 331. The summed E-state index contributed by atoms with van der Waals surface area (Å²) in [5, 5.41) is 3.24. The van der Waals surface area contributed by atoms with E-state index in [1.165, 1.54) is 42.4 Å². The fourth-order valence-corrected chi connectivity index (χ4v) is 2.64. The second-order valence-electron chi connectivity index (χ2n) is 4.23. The molecule has 2 rings (SSSR count). The topological polar surface area (TPSA) is 12.0 Å². The Morgan fingerprint density at radius 3 is 2.67 bits per heavy atom. The first-order valence-electron chi connectivity index (χ1n) is 5.70. The van der Waals surface area contributed by atoms with Crippen LogP contribution in [0.15, 0.2) is 18.2 Å². The zero-order chi connectivity index (χ0) is 10.7. The van der Waals surface area contributed by atoms with Crippen molar-refractivity contribution >= 4 is 11.6 Å². The van der Waals surface area contributed by atoms with E-state index in [-0.39, 0.29) is 0 Å². The largest absolute Gasteiger partial charge is 0.312 e. The van der Waals surface area contributed by atoms with Gasteiger partial charge >= 0.3 is 0 Å². The SMILES string of the molecule is CNC(CCl)c1ccc2c(c1)CCCC2. The number of benzene rings is 1. The predicted octanol–water partition coefficient (Wildman–Crippen LogP) is 3.06. The van der Waals surface area contributed by atoms with Crippen LogP contribution in [0.1, 0.15) is 35.6 Å². The molecule has 0 saturated heterocycles. The molecule has 1 aliphatic rings. The molecule has 0 bridgehead atoms. The maximum atomic E-state index is 5.92. The molecule has 0 radical (unpaired) electrons. The molecule has 0 spiro atoms. The molecule has 0 fully saturated rings. The molecule has 1 nitrogen and oxygen atoms in total. The molecule has 2 heteroatoms. The number of halogens is 1. The number of aryl methyl sites for hydroxylation is 2. The number of nitrogens with one attached hydrogen (secondary N) is 1. The van der Waals surface area contributed by atoms with Gasteiger partial charge in [0.2, 0.25) is 0 Å². The van der Waals surface area contributed by atoms with Crippen LogP contribution >= 0.6 is 11.6 Å². The van der Waals surface area contributed by atoms with Crippen molar-refractivity contribution in [3.05, 3.63) is 34.9 Å². The van der Waals surface area contributed by atoms with Gasteiger partial charge in [0.15, 0.2) is 0 Å². The molecule has 1 atom stereocenters. The van der Waals surface area contributed by atoms with Crippen molar-refractivity contribution in [1.29, 1.82) is 0 Å². The summed E-state index contributed by atoms with van der Waals surface area (Å²) < 4.78 is 0. The highest BCUT2D eigenvalue weighted by molar-refractivity contribution is 6.18. The van der Waals surface area contributed by atoms with Crippen molar-refractivity contribution in [3.8, 4) is 0 Å². The molecule has 1 aromatic carbocycles. The Morgan fingerprint density at radius 1 is 1.27 bits per heavy atom. The van der Waals surface area contributed by atoms with Crippen molar-refractivity contribution < 1.29 is 0 Å². The number of hydrogen-bond donors (Lipinski definition) is 1. The Kier molecular flexibility index (Phi) is 3.66. The third-order valence-electron chi connectivity index (χ3n) is 3.28. The first-order valence-corrected chi connectivity index (χ1v) is 6.23. The van der Waals surface area contributed by atoms with Crippen LogP contribution in [0.25, 0.3) is 0 Å². The second kappa shape index (κ2) is 5.00. The molecule has 82 valence electrons. The van der Waals surface area contributed by atoms with E-state index in [2.05, 4.69) is 23.5 Å². The molecule has 0 heterocycles. The van der Waals surface area contributed by atoms with E-state index in [1.54, 1.807) is 0 Å². The molecule has 0 amide bonds. The first kappa shape index (κ1) is 11.0. The van der Waals surface area contributed by atoms with Crippen molar-refractivity contribution in [3.63, 3.8) is 0 Å². The van der Waals surface area contributed by atoms with Crippen LogP contribution in [-0.4, -0.2) is 12.9 Å². The van der Waals surface area contributed by atoms with Crippen LogP contribution in [0.5, 0.6) is 0 Å². The summed E-state index contributed by atoms with van der Waals surface area (Å²) in [5.41, 5.74) is 4.40. The van der Waals surface area contributed by atoms with Gasteiger partial charge in [0.1, 0.15) is 0 Å². The Labute approximate surface area is 96.8 Å². The van der Waals surface area contributed by atoms with Crippen molar-refractivity contribution in [2.24, 2.45) is 0 Å². The predicted molar refractivity (Wildman–Crippen MR) is 65.6 cm³/mol. The number of alkyl halides is 1. The molecular formula is C13H18ClN. The summed E-state index contributed by atoms with van der Waals surface area (Å²) in [7, 11) is 1.96. The fraction of sp³-hybridized carbons (Fsp3) is 0.538. The highest BCUT2D eigenvalue weighted by Crippen LogP contribution is 2.25. The minimum atomic E-state index is 0.291. The summed E-state index contributed by atoms with van der Waals surface area (Å²) in [5.74, 6) is 0.634. The number of fused-ring (bicyclic) bond motifs is 1. The van der Waals surface area contributed by atoms with E-state index in [0.29, 0.717) is 11.9 Å². The standard InChI is InChI=1S/C13H18ClN/c1-15-13(9-14)12-7-6-10-4-2-3-5-11(10)8-12/h6-8,13,15H,2-5,9H2,1H3. The van der Waals surface area contributed by atoms with Crippen LogP contribution in [0.3, 0.4) is 0 Å². The number of rotatable bonds is 3. The molecule has 1 N–H and O–H groups in total. The lowest BCUT2D eigenvalue weighted by atomic mass is 9.89. The van der Waals surface area contributed by atoms with Crippen molar-refractivity contribution in [2.75, 3.05) is 12.9 Å². The van der Waals surface area contributed by atoms with Crippen LogP contribution < -0.4 is 5.32 Å². The summed E-state index contributed by atoms with van der Waals surface area (Å²) in [6.45, 7) is 0. The number of hydrogen-bond acceptors (Lipinski definition) is 1. The van der Waals surface area contributed by atoms with Gasteiger partial charge in [-0.15, -0.1) is 11.6 Å². The average molecular weight is 224 g/mol. The van der Waals surface area contributed by atoms with Gasteiger partial charge in [-0.3, -0.25) is 0 Å². The van der Waals surface area contributed by atoms with E-state index in [4.69, 9.17) is 11.6 Å². The molecular weight excluding hydrogens is 206 g/mol. The quantitative estimate of drug-likeness (QED) is 0.777. The summed E-state index contributed by atoms with van der Waals surface area (Å²) in [6.07, 6.45) is 5.17. The summed E-state index contributed by atoms with van der Waals surface area (Å²) in [4.78, 5) is 0. The monoisotopic (exact) mass is 223 g/mol. The third kappa shape index (κ3) is 2.35. The summed E-state index contributed by atoms with van der Waals surface area (Å²) >= 11 is 5.92. The molecule has 15 heavy (non-hydrogen) atoms. The third-order valence-corrected chi connectivity index (χ3v) is 3.59. The molecule has 0 aromatic heterocycles. The average Bonchev–Trinajstić information content (AvgIpc) is 2.30. The second-order valence-corrected chi connectivity index (χ2v) is 4.54. The van der Waals surface area contributed by atoms with Gasteiger partial charge in [0.05, 0.1) is 0 Å². The molecule has 1 aromatic rings. The molecule has 0 aliphatic heterocycles. The van der Waals surface area contributed by atoms with Gasteiger partial charge < -0.3 is 5.32 Å². The van der Waals surface area contributed by atoms with Crippen LogP contribution in [0.4, 0.5) is 0 Å². The molecule has 1 unspecified atom stereocenters. The lowest BCUT2D eigenvalue weighted by Gasteiger charge is -2.19. The lowest BCUT2D eigenvalue weighted by molar-refractivity contribution is 0.647. The van der Waals surface area contributed by atoms with Crippen LogP contribution in [0, 0.1) is 0 Å². The normalized spacial score (nSPS) is 17.2. The zero-order valence-corrected chi connectivity index (χ0v) is 9.98. The van der Waals surface area contributed by atoms with Gasteiger partial charge in [-0.05, 0) is 49.4 Å². The first-order chi connectivity index (χ1) is 7.35.